The molecule has 2 aromatic carbocycles. The maximum atomic E-state index is 12.5. The zero-order valence-corrected chi connectivity index (χ0v) is 15.1. The SMILES string of the molecule is CNc1nc(-c2ccc(OC)c(NC(=O)c3ccc(C)cc3)c2)cs1. The molecule has 3 aromatic rings. The highest BCUT2D eigenvalue weighted by Gasteiger charge is 2.12. The van der Waals surface area contributed by atoms with Gasteiger partial charge in [0, 0.05) is 23.6 Å². The van der Waals surface area contributed by atoms with Crippen LogP contribution in [-0.2, 0) is 0 Å². The Morgan fingerprint density at radius 1 is 1.16 bits per heavy atom. The third-order valence-corrected chi connectivity index (χ3v) is 4.64. The van der Waals surface area contributed by atoms with Gasteiger partial charge in [0.2, 0.25) is 0 Å². The Kier molecular flexibility index (Phi) is 5.00. The molecule has 0 spiro atoms. The molecule has 128 valence electrons. The van der Waals surface area contributed by atoms with Gasteiger partial charge in [-0.15, -0.1) is 11.3 Å². The van der Waals surface area contributed by atoms with Crippen LogP contribution < -0.4 is 15.4 Å². The van der Waals surface area contributed by atoms with Crippen LogP contribution in [0.3, 0.4) is 0 Å². The van der Waals surface area contributed by atoms with Crippen molar-refractivity contribution in [2.75, 3.05) is 24.8 Å². The minimum atomic E-state index is -0.176. The van der Waals surface area contributed by atoms with E-state index < -0.39 is 0 Å². The van der Waals surface area contributed by atoms with Gasteiger partial charge >= 0.3 is 0 Å². The predicted molar refractivity (Wildman–Crippen MR) is 103 cm³/mol. The van der Waals surface area contributed by atoms with Gasteiger partial charge in [0.05, 0.1) is 18.5 Å². The predicted octanol–water partition coefficient (Wildman–Crippen LogP) is 4.42. The minimum absolute atomic E-state index is 0.176. The number of anilines is 2. The molecule has 3 rings (SSSR count). The lowest BCUT2D eigenvalue weighted by Crippen LogP contribution is -2.12. The van der Waals surface area contributed by atoms with Gasteiger partial charge in [-0.1, -0.05) is 17.7 Å². The van der Waals surface area contributed by atoms with Crippen molar-refractivity contribution in [2.24, 2.45) is 0 Å². The highest BCUT2D eigenvalue weighted by Crippen LogP contribution is 2.32. The second-order valence-electron chi connectivity index (χ2n) is 5.52. The fourth-order valence-electron chi connectivity index (χ4n) is 2.39. The van der Waals surface area contributed by atoms with Crippen LogP contribution in [0.5, 0.6) is 5.75 Å². The van der Waals surface area contributed by atoms with Crippen molar-refractivity contribution < 1.29 is 9.53 Å². The molecule has 6 heteroatoms. The van der Waals surface area contributed by atoms with E-state index in [1.54, 1.807) is 19.2 Å². The smallest absolute Gasteiger partial charge is 0.255 e. The number of nitrogens with one attached hydrogen (secondary N) is 2. The summed E-state index contributed by atoms with van der Waals surface area (Å²) in [5.74, 6) is 0.429. The molecule has 1 heterocycles. The van der Waals surface area contributed by atoms with Crippen molar-refractivity contribution in [1.82, 2.24) is 4.98 Å². The normalized spacial score (nSPS) is 10.4. The third kappa shape index (κ3) is 3.80. The van der Waals surface area contributed by atoms with Crippen LogP contribution in [0.1, 0.15) is 15.9 Å². The first-order valence-corrected chi connectivity index (χ1v) is 8.68. The average Bonchev–Trinajstić information content (AvgIpc) is 3.11. The zero-order chi connectivity index (χ0) is 17.8. The van der Waals surface area contributed by atoms with Crippen LogP contribution in [0.15, 0.2) is 47.8 Å². The number of rotatable bonds is 5. The Morgan fingerprint density at radius 3 is 2.56 bits per heavy atom. The first-order chi connectivity index (χ1) is 12.1. The molecule has 0 unspecified atom stereocenters. The van der Waals surface area contributed by atoms with Gasteiger partial charge < -0.3 is 15.4 Å². The van der Waals surface area contributed by atoms with Crippen LogP contribution in [0.4, 0.5) is 10.8 Å². The van der Waals surface area contributed by atoms with Gasteiger partial charge in [-0.3, -0.25) is 4.79 Å². The summed E-state index contributed by atoms with van der Waals surface area (Å²) in [4.78, 5) is 17.0. The number of hydrogen-bond acceptors (Lipinski definition) is 5. The molecule has 0 saturated heterocycles. The molecule has 0 aliphatic heterocycles. The Bertz CT molecular complexity index is 888. The largest absolute Gasteiger partial charge is 0.495 e. The maximum absolute atomic E-state index is 12.5. The van der Waals surface area contributed by atoms with Crippen molar-refractivity contribution in [3.63, 3.8) is 0 Å². The fourth-order valence-corrected chi connectivity index (χ4v) is 3.07. The van der Waals surface area contributed by atoms with Crippen LogP contribution in [0.2, 0.25) is 0 Å². The van der Waals surface area contributed by atoms with Crippen LogP contribution in [0, 0.1) is 6.92 Å². The molecule has 0 fully saturated rings. The van der Waals surface area contributed by atoms with Crippen molar-refractivity contribution in [3.05, 3.63) is 59.0 Å². The Balaban J connectivity index is 1.89. The molecule has 0 radical (unpaired) electrons. The molecule has 1 aromatic heterocycles. The van der Waals surface area contributed by atoms with Gasteiger partial charge in [-0.05, 0) is 37.3 Å². The molecule has 1 amide bonds. The Morgan fingerprint density at radius 2 is 1.92 bits per heavy atom. The number of ether oxygens (including phenoxy) is 1. The molecule has 2 N–H and O–H groups in total. The van der Waals surface area contributed by atoms with E-state index in [0.717, 1.165) is 22.0 Å². The van der Waals surface area contributed by atoms with E-state index in [2.05, 4.69) is 15.6 Å². The third-order valence-electron chi connectivity index (χ3n) is 3.78. The number of benzene rings is 2. The highest BCUT2D eigenvalue weighted by atomic mass is 32.1. The summed E-state index contributed by atoms with van der Waals surface area (Å²) >= 11 is 1.53. The van der Waals surface area contributed by atoms with Gasteiger partial charge in [0.15, 0.2) is 5.13 Å². The average molecular weight is 353 g/mol. The standard InChI is InChI=1S/C19H19N3O2S/c1-12-4-6-13(7-5-12)18(23)21-15-10-14(8-9-17(15)24-3)16-11-25-19(20-2)22-16/h4-11H,1-3H3,(H,20,22)(H,21,23). The summed E-state index contributed by atoms with van der Waals surface area (Å²) in [6.07, 6.45) is 0. The van der Waals surface area contributed by atoms with Crippen LogP contribution in [0.25, 0.3) is 11.3 Å². The number of nitrogens with zero attached hydrogens (tertiary/aromatic N) is 1. The molecular formula is C19H19N3O2S. The van der Waals surface area contributed by atoms with Crippen molar-refractivity contribution in [2.45, 2.75) is 6.92 Å². The molecule has 25 heavy (non-hydrogen) atoms. The first kappa shape index (κ1) is 17.0. The molecule has 5 nitrogen and oxygen atoms in total. The monoisotopic (exact) mass is 353 g/mol. The van der Waals surface area contributed by atoms with Crippen molar-refractivity contribution >= 4 is 28.1 Å². The van der Waals surface area contributed by atoms with E-state index in [1.807, 2.05) is 49.7 Å². The molecular weight excluding hydrogens is 334 g/mol. The fraction of sp³-hybridized carbons (Fsp3) is 0.158. The van der Waals surface area contributed by atoms with Crippen molar-refractivity contribution in [3.8, 4) is 17.0 Å². The number of thiazole rings is 1. The number of hydrogen-bond donors (Lipinski definition) is 2. The van der Waals surface area contributed by atoms with E-state index in [0.29, 0.717) is 17.0 Å². The summed E-state index contributed by atoms with van der Waals surface area (Å²) in [6, 6.07) is 13.1. The number of amides is 1. The highest BCUT2D eigenvalue weighted by molar-refractivity contribution is 7.14. The quantitative estimate of drug-likeness (QED) is 0.713. The molecule has 0 aliphatic carbocycles. The Labute approximate surface area is 150 Å². The maximum Gasteiger partial charge on any atom is 0.255 e. The molecule has 0 atom stereocenters. The molecule has 0 bridgehead atoms. The summed E-state index contributed by atoms with van der Waals surface area (Å²) < 4.78 is 5.37. The van der Waals surface area contributed by atoms with E-state index in [-0.39, 0.29) is 5.91 Å². The van der Waals surface area contributed by atoms with E-state index >= 15 is 0 Å². The number of carbonyl (C=O) groups is 1. The van der Waals surface area contributed by atoms with Crippen LogP contribution >= 0.6 is 11.3 Å². The van der Waals surface area contributed by atoms with E-state index in [4.69, 9.17) is 4.74 Å². The van der Waals surface area contributed by atoms with Gasteiger partial charge in [0.1, 0.15) is 5.75 Å². The summed E-state index contributed by atoms with van der Waals surface area (Å²) in [7, 11) is 3.42. The van der Waals surface area contributed by atoms with Gasteiger partial charge in [-0.2, -0.15) is 0 Å². The van der Waals surface area contributed by atoms with E-state index in [1.165, 1.54) is 11.3 Å². The molecule has 0 saturated carbocycles. The lowest BCUT2D eigenvalue weighted by atomic mass is 10.1. The zero-order valence-electron chi connectivity index (χ0n) is 14.3. The topological polar surface area (TPSA) is 63.3 Å². The first-order valence-electron chi connectivity index (χ1n) is 7.80. The number of methoxy groups -OCH3 is 1. The lowest BCUT2D eigenvalue weighted by molar-refractivity contribution is 0.102. The summed E-state index contributed by atoms with van der Waals surface area (Å²) in [5.41, 5.74) is 4.09. The Hall–Kier alpha value is -2.86. The lowest BCUT2D eigenvalue weighted by Gasteiger charge is -2.12. The van der Waals surface area contributed by atoms with Crippen molar-refractivity contribution in [1.29, 1.82) is 0 Å². The second-order valence-corrected chi connectivity index (χ2v) is 6.38. The number of aromatic nitrogens is 1. The molecule has 0 aliphatic rings. The number of carbonyl (C=O) groups excluding carboxylic acids is 1. The van der Waals surface area contributed by atoms with Gasteiger partial charge in [0.25, 0.3) is 5.91 Å². The second kappa shape index (κ2) is 7.36. The summed E-state index contributed by atoms with van der Waals surface area (Å²) in [6.45, 7) is 1.99. The van der Waals surface area contributed by atoms with Gasteiger partial charge in [-0.25, -0.2) is 4.98 Å². The number of aryl methyl sites for hydroxylation is 1. The van der Waals surface area contributed by atoms with E-state index in [9.17, 15) is 4.79 Å². The van der Waals surface area contributed by atoms with Crippen LogP contribution in [-0.4, -0.2) is 25.0 Å². The minimum Gasteiger partial charge on any atom is -0.495 e. The summed E-state index contributed by atoms with van der Waals surface area (Å²) in [5, 5.41) is 8.76.